The molecular weight excluding hydrogens is 380 g/mol. The van der Waals surface area contributed by atoms with Crippen LogP contribution in [0.25, 0.3) is 5.69 Å². The molecule has 0 bridgehead atoms. The number of carbonyl (C=O) groups excluding carboxylic acids is 1. The van der Waals surface area contributed by atoms with E-state index in [2.05, 4.69) is 20.8 Å². The van der Waals surface area contributed by atoms with Crippen molar-refractivity contribution in [1.82, 2.24) is 25.5 Å². The van der Waals surface area contributed by atoms with Gasteiger partial charge in [-0.05, 0) is 65.6 Å². The first-order chi connectivity index (χ1) is 13.5. The fraction of sp³-hybridized carbons (Fsp3) is 0.263. The molecule has 1 aromatic heterocycles. The van der Waals surface area contributed by atoms with Gasteiger partial charge in [0, 0.05) is 11.1 Å². The summed E-state index contributed by atoms with van der Waals surface area (Å²) < 4.78 is 7.37. The summed E-state index contributed by atoms with van der Waals surface area (Å²) in [5, 5.41) is 15.5. The number of aryl methyl sites for hydroxylation is 1. The van der Waals surface area contributed by atoms with Gasteiger partial charge in [-0.25, -0.2) is 0 Å². The zero-order valence-corrected chi connectivity index (χ0v) is 15.9. The van der Waals surface area contributed by atoms with Crippen LogP contribution in [0.3, 0.4) is 0 Å². The molecule has 0 aliphatic carbocycles. The van der Waals surface area contributed by atoms with Crippen molar-refractivity contribution in [3.05, 3.63) is 58.6 Å². The Bertz CT molecular complexity index is 1000. The largest absolute Gasteiger partial charge is 0.423 e. The van der Waals surface area contributed by atoms with E-state index in [0.29, 0.717) is 10.8 Å². The van der Waals surface area contributed by atoms with Crippen LogP contribution in [0.1, 0.15) is 30.0 Å². The van der Waals surface area contributed by atoms with Crippen molar-refractivity contribution in [2.75, 3.05) is 0 Å². The third-order valence-electron chi connectivity index (χ3n) is 4.82. The van der Waals surface area contributed by atoms with Crippen molar-refractivity contribution < 1.29 is 9.53 Å². The maximum Gasteiger partial charge on any atom is 0.345 e. The van der Waals surface area contributed by atoms with E-state index in [4.69, 9.17) is 22.1 Å². The Hall–Kier alpha value is -2.97. The molecule has 2 heterocycles. The normalized spacial score (nSPS) is 18.9. The number of halogens is 1. The third-order valence-corrected chi connectivity index (χ3v) is 5.06. The van der Waals surface area contributed by atoms with Gasteiger partial charge in [0.25, 0.3) is 0 Å². The predicted octanol–water partition coefficient (Wildman–Crippen LogP) is 2.69. The van der Waals surface area contributed by atoms with E-state index in [1.807, 2.05) is 43.3 Å². The molecule has 2 atom stereocenters. The van der Waals surface area contributed by atoms with Crippen LogP contribution in [-0.2, 0) is 4.79 Å². The summed E-state index contributed by atoms with van der Waals surface area (Å²) in [4.78, 5) is 11.3. The van der Waals surface area contributed by atoms with Gasteiger partial charge in [0.05, 0.1) is 11.7 Å². The number of amides is 1. The summed E-state index contributed by atoms with van der Waals surface area (Å²) in [6.07, 6.45) is 1.60. The average Bonchev–Trinajstić information content (AvgIpc) is 3.34. The van der Waals surface area contributed by atoms with E-state index in [1.54, 1.807) is 6.07 Å². The lowest BCUT2D eigenvalue weighted by Gasteiger charge is -2.13. The van der Waals surface area contributed by atoms with Gasteiger partial charge in [-0.1, -0.05) is 34.9 Å². The standard InChI is InChI=1S/C19H19ClN6O2/c1-11-2-5-13(20)10-17(11)26-19(23-24-25-26)28-14-6-3-12(4-7-14)15-8-9-16(22-15)18(21)27/h2-7,10,15-16,22H,8-9H2,1H3,(H2,21,27). The van der Waals surface area contributed by atoms with Crippen LogP contribution in [-0.4, -0.2) is 32.2 Å². The lowest BCUT2D eigenvalue weighted by atomic mass is 10.1. The van der Waals surface area contributed by atoms with Crippen LogP contribution in [0.2, 0.25) is 5.02 Å². The number of hydrogen-bond acceptors (Lipinski definition) is 6. The number of primary amides is 1. The molecule has 2 unspecified atom stereocenters. The van der Waals surface area contributed by atoms with Gasteiger partial charge in [-0.15, -0.1) is 0 Å². The fourth-order valence-corrected chi connectivity index (χ4v) is 3.47. The van der Waals surface area contributed by atoms with Crippen molar-refractivity contribution in [2.24, 2.45) is 5.73 Å². The van der Waals surface area contributed by atoms with Crippen LogP contribution in [0.4, 0.5) is 0 Å². The zero-order chi connectivity index (χ0) is 19.7. The molecule has 0 radical (unpaired) electrons. The highest BCUT2D eigenvalue weighted by Gasteiger charge is 2.28. The number of aromatic nitrogens is 4. The highest BCUT2D eigenvalue weighted by Crippen LogP contribution is 2.29. The quantitative estimate of drug-likeness (QED) is 0.684. The van der Waals surface area contributed by atoms with Crippen molar-refractivity contribution in [2.45, 2.75) is 31.8 Å². The van der Waals surface area contributed by atoms with E-state index >= 15 is 0 Å². The molecule has 2 aromatic carbocycles. The van der Waals surface area contributed by atoms with Gasteiger partial charge >= 0.3 is 6.01 Å². The molecule has 1 aliphatic heterocycles. The molecule has 0 spiro atoms. The first-order valence-electron chi connectivity index (χ1n) is 8.89. The average molecular weight is 399 g/mol. The van der Waals surface area contributed by atoms with Crippen molar-refractivity contribution >= 4 is 17.5 Å². The number of nitrogens with one attached hydrogen (secondary N) is 1. The Labute approximate surface area is 166 Å². The summed E-state index contributed by atoms with van der Waals surface area (Å²) >= 11 is 6.10. The predicted molar refractivity (Wildman–Crippen MR) is 104 cm³/mol. The van der Waals surface area contributed by atoms with Gasteiger partial charge in [-0.2, -0.15) is 4.68 Å². The lowest BCUT2D eigenvalue weighted by Crippen LogP contribution is -2.37. The number of nitrogens with two attached hydrogens (primary N) is 1. The maximum absolute atomic E-state index is 11.3. The van der Waals surface area contributed by atoms with Gasteiger partial charge in [-0.3, -0.25) is 10.1 Å². The molecule has 9 heteroatoms. The SMILES string of the molecule is Cc1ccc(Cl)cc1-n1nnnc1Oc1ccc(C2CCC(C(N)=O)N2)cc1. The number of benzene rings is 2. The topological polar surface area (TPSA) is 108 Å². The molecule has 144 valence electrons. The van der Waals surface area contributed by atoms with Gasteiger partial charge < -0.3 is 10.5 Å². The van der Waals surface area contributed by atoms with Crippen molar-refractivity contribution in [1.29, 1.82) is 0 Å². The third kappa shape index (κ3) is 3.69. The summed E-state index contributed by atoms with van der Waals surface area (Å²) in [6.45, 7) is 1.94. The Balaban J connectivity index is 1.51. The molecule has 8 nitrogen and oxygen atoms in total. The summed E-state index contributed by atoms with van der Waals surface area (Å²) in [5.74, 6) is 0.287. The number of tetrazole rings is 1. The molecule has 3 N–H and O–H groups in total. The minimum Gasteiger partial charge on any atom is -0.423 e. The van der Waals surface area contributed by atoms with Crippen molar-refractivity contribution in [3.8, 4) is 17.4 Å². The number of hydrogen-bond donors (Lipinski definition) is 2. The van der Waals surface area contributed by atoms with E-state index in [9.17, 15) is 4.79 Å². The molecule has 1 amide bonds. The second-order valence-electron chi connectivity index (χ2n) is 6.73. The zero-order valence-electron chi connectivity index (χ0n) is 15.2. The van der Waals surface area contributed by atoms with Crippen LogP contribution in [0, 0.1) is 6.92 Å². The lowest BCUT2D eigenvalue weighted by molar-refractivity contribution is -0.119. The first kappa shape index (κ1) is 18.4. The van der Waals surface area contributed by atoms with Crippen LogP contribution in [0.15, 0.2) is 42.5 Å². The van der Waals surface area contributed by atoms with Crippen LogP contribution >= 0.6 is 11.6 Å². The number of ether oxygens (including phenoxy) is 1. The molecule has 4 rings (SSSR count). The summed E-state index contributed by atoms with van der Waals surface area (Å²) in [5.41, 5.74) is 8.15. The Morgan fingerprint density at radius 3 is 2.75 bits per heavy atom. The van der Waals surface area contributed by atoms with Gasteiger partial charge in [0.2, 0.25) is 5.91 Å². The van der Waals surface area contributed by atoms with E-state index in [-0.39, 0.29) is 24.0 Å². The van der Waals surface area contributed by atoms with Gasteiger partial charge in [0.15, 0.2) is 0 Å². The Kier molecular flexibility index (Phi) is 4.97. The highest BCUT2D eigenvalue weighted by molar-refractivity contribution is 6.30. The van der Waals surface area contributed by atoms with E-state index < -0.39 is 0 Å². The molecule has 28 heavy (non-hydrogen) atoms. The molecule has 0 saturated carbocycles. The minimum atomic E-state index is -0.314. The Morgan fingerprint density at radius 1 is 1.25 bits per heavy atom. The smallest absolute Gasteiger partial charge is 0.345 e. The van der Waals surface area contributed by atoms with Crippen LogP contribution in [0.5, 0.6) is 11.8 Å². The molecular formula is C19H19ClN6O2. The monoisotopic (exact) mass is 398 g/mol. The molecule has 3 aromatic rings. The van der Waals surface area contributed by atoms with Crippen molar-refractivity contribution in [3.63, 3.8) is 0 Å². The van der Waals surface area contributed by atoms with Crippen LogP contribution < -0.4 is 15.8 Å². The summed E-state index contributed by atoms with van der Waals surface area (Å²) in [6, 6.07) is 13.2. The fourth-order valence-electron chi connectivity index (χ4n) is 3.31. The second-order valence-corrected chi connectivity index (χ2v) is 7.16. The second kappa shape index (κ2) is 7.57. The Morgan fingerprint density at radius 2 is 2.04 bits per heavy atom. The molecule has 1 aliphatic rings. The summed E-state index contributed by atoms with van der Waals surface area (Å²) in [7, 11) is 0. The molecule has 1 fully saturated rings. The maximum atomic E-state index is 11.3. The number of rotatable bonds is 5. The minimum absolute atomic E-state index is 0.103. The number of nitrogens with zero attached hydrogens (tertiary/aromatic N) is 4. The van der Waals surface area contributed by atoms with E-state index in [0.717, 1.165) is 29.7 Å². The number of carbonyl (C=O) groups is 1. The molecule has 1 saturated heterocycles. The van der Waals surface area contributed by atoms with E-state index in [1.165, 1.54) is 4.68 Å². The van der Waals surface area contributed by atoms with Gasteiger partial charge in [0.1, 0.15) is 5.75 Å². The highest BCUT2D eigenvalue weighted by atomic mass is 35.5. The first-order valence-corrected chi connectivity index (χ1v) is 9.27.